The molecule has 0 amide bonds. The maximum Gasteiger partial charge on any atom is 0.332 e. The van der Waals surface area contributed by atoms with E-state index in [0.29, 0.717) is 5.75 Å². The van der Waals surface area contributed by atoms with Gasteiger partial charge in [-0.05, 0) is 6.92 Å². The second-order valence-electron chi connectivity index (χ2n) is 3.65. The first-order chi connectivity index (χ1) is 7.12. The predicted octanol–water partition coefficient (Wildman–Crippen LogP) is 2.02. The number of nitrogens with zero attached hydrogens (tertiary/aromatic N) is 1. The third kappa shape index (κ3) is 1.90. The molecule has 0 saturated heterocycles. The molecule has 15 heavy (non-hydrogen) atoms. The summed E-state index contributed by atoms with van der Waals surface area (Å²) in [4.78, 5) is 15.2. The maximum absolute atomic E-state index is 11.0. The number of aliphatic carboxylic acids is 1. The summed E-state index contributed by atoms with van der Waals surface area (Å²) in [7, 11) is 0. The monoisotopic (exact) mass is 221 g/mol. The van der Waals surface area contributed by atoms with Crippen LogP contribution in [0, 0.1) is 0 Å². The van der Waals surface area contributed by atoms with Crippen LogP contribution >= 0.6 is 11.8 Å². The van der Waals surface area contributed by atoms with Gasteiger partial charge in [0.25, 0.3) is 0 Å². The molecular weight excluding hydrogens is 210 g/mol. The van der Waals surface area contributed by atoms with Crippen LogP contribution in [0.2, 0.25) is 0 Å². The van der Waals surface area contributed by atoms with Crippen LogP contribution in [0.1, 0.15) is 12.5 Å². The molecule has 0 fully saturated rings. The molecule has 0 aliphatic carbocycles. The Morgan fingerprint density at radius 1 is 1.47 bits per heavy atom. The summed E-state index contributed by atoms with van der Waals surface area (Å²) in [6.07, 6.45) is 0. The number of carbonyl (C=O) groups is 1. The molecule has 1 aromatic rings. The Morgan fingerprint density at radius 3 is 2.67 bits per heavy atom. The van der Waals surface area contributed by atoms with E-state index >= 15 is 0 Å². The minimum Gasteiger partial charge on any atom is -0.479 e. The quantitative estimate of drug-likeness (QED) is 0.831. The van der Waals surface area contributed by atoms with Gasteiger partial charge >= 0.3 is 5.97 Å². The fourth-order valence-electron chi connectivity index (χ4n) is 1.34. The van der Waals surface area contributed by atoms with Crippen molar-refractivity contribution < 1.29 is 9.90 Å². The molecule has 0 bridgehead atoms. The fraction of sp³-hybridized carbons (Fsp3) is 0.273. The van der Waals surface area contributed by atoms with Crippen LogP contribution in [-0.2, 0) is 4.79 Å². The molecule has 1 unspecified atom stereocenters. The van der Waals surface area contributed by atoms with E-state index in [9.17, 15) is 4.79 Å². The summed E-state index contributed by atoms with van der Waals surface area (Å²) in [6, 6.07) is 9.67. The second kappa shape index (κ2) is 3.70. The molecule has 0 spiro atoms. The van der Waals surface area contributed by atoms with E-state index in [0.717, 1.165) is 10.6 Å². The van der Waals surface area contributed by atoms with Crippen molar-refractivity contribution in [2.45, 2.75) is 12.5 Å². The van der Waals surface area contributed by atoms with Crippen LogP contribution in [0.5, 0.6) is 0 Å². The molecule has 1 atom stereocenters. The number of rotatable bonds is 2. The molecule has 4 heteroatoms. The minimum atomic E-state index is -0.962. The van der Waals surface area contributed by atoms with Crippen LogP contribution < -0.4 is 0 Å². The number of carboxylic acid groups (broad SMARTS) is 1. The lowest BCUT2D eigenvalue weighted by atomic mass is 10.1. The van der Waals surface area contributed by atoms with Crippen LogP contribution in [0.4, 0.5) is 0 Å². The molecule has 3 nitrogen and oxygen atoms in total. The van der Waals surface area contributed by atoms with E-state index in [2.05, 4.69) is 4.99 Å². The summed E-state index contributed by atoms with van der Waals surface area (Å²) in [5.74, 6) is -0.354. The molecule has 1 aromatic carbocycles. The Kier molecular flexibility index (Phi) is 2.52. The minimum absolute atomic E-state index is 0.507. The highest BCUT2D eigenvalue weighted by Gasteiger charge is 2.38. The van der Waals surface area contributed by atoms with Gasteiger partial charge in [-0.25, -0.2) is 4.79 Å². The highest BCUT2D eigenvalue weighted by atomic mass is 32.2. The van der Waals surface area contributed by atoms with Crippen molar-refractivity contribution in [1.82, 2.24) is 0 Å². The zero-order chi connectivity index (χ0) is 10.9. The summed E-state index contributed by atoms with van der Waals surface area (Å²) in [5, 5.41) is 9.84. The van der Waals surface area contributed by atoms with Gasteiger partial charge in [-0.3, -0.25) is 4.99 Å². The van der Waals surface area contributed by atoms with Crippen LogP contribution in [-0.4, -0.2) is 27.4 Å². The Balaban J connectivity index is 2.32. The van der Waals surface area contributed by atoms with Gasteiger partial charge in [-0.2, -0.15) is 0 Å². The smallest absolute Gasteiger partial charge is 0.332 e. The van der Waals surface area contributed by atoms with Gasteiger partial charge in [0.15, 0.2) is 5.54 Å². The largest absolute Gasteiger partial charge is 0.479 e. The number of hydrogen-bond acceptors (Lipinski definition) is 3. The Bertz CT molecular complexity index is 416. The van der Waals surface area contributed by atoms with Gasteiger partial charge in [-0.15, -0.1) is 11.8 Å². The number of thioether (sulfide) groups is 1. The third-order valence-corrected chi connectivity index (χ3v) is 3.63. The van der Waals surface area contributed by atoms with Gasteiger partial charge in [0.05, 0.1) is 5.04 Å². The van der Waals surface area contributed by atoms with E-state index in [4.69, 9.17) is 5.11 Å². The summed E-state index contributed by atoms with van der Waals surface area (Å²) >= 11 is 1.50. The lowest BCUT2D eigenvalue weighted by molar-refractivity contribution is -0.141. The lowest BCUT2D eigenvalue weighted by Gasteiger charge is -2.11. The van der Waals surface area contributed by atoms with E-state index < -0.39 is 11.5 Å². The average Bonchev–Trinajstić information content (AvgIpc) is 2.64. The van der Waals surface area contributed by atoms with E-state index in [1.165, 1.54) is 11.8 Å². The topological polar surface area (TPSA) is 49.7 Å². The standard InChI is InChI=1S/C11H11NO2S/c1-11(10(13)14)7-15-9(12-11)8-5-3-2-4-6-8/h2-6H,7H2,1H3,(H,13,14). The number of hydrogen-bond donors (Lipinski definition) is 1. The molecule has 0 saturated carbocycles. The molecule has 1 aliphatic heterocycles. The number of benzene rings is 1. The van der Waals surface area contributed by atoms with Crippen molar-refractivity contribution in [1.29, 1.82) is 0 Å². The van der Waals surface area contributed by atoms with Crippen molar-refractivity contribution in [3.8, 4) is 0 Å². The normalized spacial score (nSPS) is 25.0. The fourth-order valence-corrected chi connectivity index (χ4v) is 2.51. The van der Waals surface area contributed by atoms with Crippen LogP contribution in [0.3, 0.4) is 0 Å². The second-order valence-corrected chi connectivity index (χ2v) is 4.61. The van der Waals surface area contributed by atoms with Crippen molar-refractivity contribution in [2.24, 2.45) is 4.99 Å². The SMILES string of the molecule is CC1(C(=O)O)CSC(c2ccccc2)=N1. The van der Waals surface area contributed by atoms with Crippen LogP contribution in [0.15, 0.2) is 35.3 Å². The maximum atomic E-state index is 11.0. The average molecular weight is 221 g/mol. The molecule has 1 heterocycles. The molecule has 0 radical (unpaired) electrons. The zero-order valence-corrected chi connectivity index (χ0v) is 9.12. The molecule has 1 N–H and O–H groups in total. The van der Waals surface area contributed by atoms with Gasteiger partial charge < -0.3 is 5.11 Å². The Labute approximate surface area is 92.2 Å². The molecule has 2 rings (SSSR count). The molecule has 0 aromatic heterocycles. The van der Waals surface area contributed by atoms with Gasteiger partial charge in [-0.1, -0.05) is 30.3 Å². The number of carboxylic acids is 1. The Morgan fingerprint density at radius 2 is 2.13 bits per heavy atom. The van der Waals surface area contributed by atoms with Crippen molar-refractivity contribution in [3.63, 3.8) is 0 Å². The van der Waals surface area contributed by atoms with Crippen molar-refractivity contribution >= 4 is 22.8 Å². The molecule has 78 valence electrons. The Hall–Kier alpha value is -1.29. The summed E-state index contributed by atoms with van der Waals surface area (Å²) in [5.41, 5.74) is 0.0306. The first-order valence-electron chi connectivity index (χ1n) is 4.63. The lowest BCUT2D eigenvalue weighted by Crippen LogP contribution is -2.33. The van der Waals surface area contributed by atoms with E-state index in [1.54, 1.807) is 6.92 Å². The summed E-state index contributed by atoms with van der Waals surface area (Å²) < 4.78 is 0. The van der Waals surface area contributed by atoms with Gasteiger partial charge in [0, 0.05) is 11.3 Å². The zero-order valence-electron chi connectivity index (χ0n) is 8.30. The third-order valence-electron chi connectivity index (χ3n) is 2.32. The highest BCUT2D eigenvalue weighted by molar-refractivity contribution is 8.14. The first kappa shape index (κ1) is 10.2. The highest BCUT2D eigenvalue weighted by Crippen LogP contribution is 2.30. The van der Waals surface area contributed by atoms with Crippen molar-refractivity contribution in [3.05, 3.63) is 35.9 Å². The summed E-state index contributed by atoms with van der Waals surface area (Å²) in [6.45, 7) is 1.65. The van der Waals surface area contributed by atoms with Crippen LogP contribution in [0.25, 0.3) is 0 Å². The van der Waals surface area contributed by atoms with Crippen molar-refractivity contribution in [2.75, 3.05) is 5.75 Å². The van der Waals surface area contributed by atoms with E-state index in [-0.39, 0.29) is 0 Å². The van der Waals surface area contributed by atoms with Gasteiger partial charge in [0.2, 0.25) is 0 Å². The molecular formula is C11H11NO2S. The predicted molar refractivity (Wildman–Crippen MR) is 61.5 cm³/mol. The van der Waals surface area contributed by atoms with E-state index in [1.807, 2.05) is 30.3 Å². The number of aliphatic imine (C=N–C) groups is 1. The first-order valence-corrected chi connectivity index (χ1v) is 5.62. The molecule has 1 aliphatic rings. The van der Waals surface area contributed by atoms with Gasteiger partial charge in [0.1, 0.15) is 0 Å².